The van der Waals surface area contributed by atoms with Crippen molar-refractivity contribution in [3.63, 3.8) is 0 Å². The molecule has 3 rings (SSSR count). The molecule has 90 valence electrons. The lowest BCUT2D eigenvalue weighted by Gasteiger charge is -2.07. The summed E-state index contributed by atoms with van der Waals surface area (Å²) in [6.07, 6.45) is 6.83. The van der Waals surface area contributed by atoms with Gasteiger partial charge in [-0.2, -0.15) is 0 Å². The number of thiophene rings is 1. The van der Waals surface area contributed by atoms with Crippen LogP contribution >= 0.6 is 22.9 Å². The fourth-order valence-corrected chi connectivity index (χ4v) is 3.20. The minimum atomic E-state index is 0.225. The maximum Gasteiger partial charge on any atom is 0.0931 e. The van der Waals surface area contributed by atoms with Crippen LogP contribution in [0.4, 0.5) is 0 Å². The third-order valence-corrected chi connectivity index (χ3v) is 4.47. The van der Waals surface area contributed by atoms with Crippen LogP contribution in [0.5, 0.6) is 0 Å². The number of rotatable bonds is 4. The van der Waals surface area contributed by atoms with Gasteiger partial charge in [-0.15, -0.1) is 11.3 Å². The van der Waals surface area contributed by atoms with Crippen molar-refractivity contribution < 1.29 is 0 Å². The van der Waals surface area contributed by atoms with Crippen LogP contribution in [0, 0.1) is 5.92 Å². The molecule has 2 heterocycles. The fraction of sp³-hybridized carbons (Fsp3) is 0.385. The standard InChI is InChI=1S/C13H15ClN2S/c14-12-4-3-11(17-12)8-16-6-5-10(7-16)13(15)9-1-2-9/h3-7,9,13H,1-2,8,15H2. The molecule has 0 saturated heterocycles. The van der Waals surface area contributed by atoms with Gasteiger partial charge in [0.2, 0.25) is 0 Å². The Bertz CT molecular complexity index is 513. The Morgan fingerprint density at radius 1 is 1.41 bits per heavy atom. The SMILES string of the molecule is NC(c1ccn(Cc2ccc(Cl)s2)c1)C1CC1. The molecular formula is C13H15ClN2S. The van der Waals surface area contributed by atoms with Crippen LogP contribution in [0.15, 0.2) is 30.6 Å². The van der Waals surface area contributed by atoms with Crippen LogP contribution in [0.25, 0.3) is 0 Å². The molecule has 0 aliphatic heterocycles. The Kier molecular flexibility index (Phi) is 2.99. The second-order valence-corrected chi connectivity index (χ2v) is 6.49. The van der Waals surface area contributed by atoms with Gasteiger partial charge in [0.1, 0.15) is 0 Å². The number of nitrogens with two attached hydrogens (primary N) is 1. The summed E-state index contributed by atoms with van der Waals surface area (Å²) in [5.41, 5.74) is 7.44. The van der Waals surface area contributed by atoms with Gasteiger partial charge < -0.3 is 10.3 Å². The molecule has 0 radical (unpaired) electrons. The average Bonchev–Trinajstić information content (AvgIpc) is 2.93. The summed E-state index contributed by atoms with van der Waals surface area (Å²) >= 11 is 7.55. The zero-order valence-electron chi connectivity index (χ0n) is 9.47. The molecular weight excluding hydrogens is 252 g/mol. The van der Waals surface area contributed by atoms with E-state index in [0.29, 0.717) is 5.92 Å². The average molecular weight is 267 g/mol. The van der Waals surface area contributed by atoms with Crippen LogP contribution in [0.3, 0.4) is 0 Å². The topological polar surface area (TPSA) is 30.9 Å². The smallest absolute Gasteiger partial charge is 0.0931 e. The number of halogens is 1. The lowest BCUT2D eigenvalue weighted by Crippen LogP contribution is -2.11. The van der Waals surface area contributed by atoms with Crippen LogP contribution < -0.4 is 5.73 Å². The van der Waals surface area contributed by atoms with Crippen LogP contribution in [0.2, 0.25) is 4.34 Å². The van der Waals surface area contributed by atoms with Gasteiger partial charge in [0.05, 0.1) is 10.9 Å². The second-order valence-electron chi connectivity index (χ2n) is 4.69. The number of hydrogen-bond donors (Lipinski definition) is 1. The van der Waals surface area contributed by atoms with E-state index in [-0.39, 0.29) is 6.04 Å². The minimum absolute atomic E-state index is 0.225. The summed E-state index contributed by atoms with van der Waals surface area (Å²) in [4.78, 5) is 1.28. The zero-order valence-corrected chi connectivity index (χ0v) is 11.0. The number of aromatic nitrogens is 1. The molecule has 0 amide bonds. The lowest BCUT2D eigenvalue weighted by atomic mass is 10.1. The first kappa shape index (κ1) is 11.3. The van der Waals surface area contributed by atoms with Crippen molar-refractivity contribution in [1.82, 2.24) is 4.57 Å². The molecule has 0 aromatic carbocycles. The fourth-order valence-electron chi connectivity index (χ4n) is 2.10. The van der Waals surface area contributed by atoms with E-state index in [9.17, 15) is 0 Å². The minimum Gasteiger partial charge on any atom is -0.349 e. The quantitative estimate of drug-likeness (QED) is 0.900. The molecule has 1 atom stereocenters. The van der Waals surface area contributed by atoms with Gasteiger partial charge in [0.25, 0.3) is 0 Å². The molecule has 1 saturated carbocycles. The molecule has 17 heavy (non-hydrogen) atoms. The van der Waals surface area contributed by atoms with Gasteiger partial charge in [-0.25, -0.2) is 0 Å². The van der Waals surface area contributed by atoms with Gasteiger partial charge >= 0.3 is 0 Å². The summed E-state index contributed by atoms with van der Waals surface area (Å²) in [6.45, 7) is 0.884. The Balaban J connectivity index is 1.71. The van der Waals surface area contributed by atoms with E-state index in [0.717, 1.165) is 10.9 Å². The van der Waals surface area contributed by atoms with Crippen molar-refractivity contribution in [3.8, 4) is 0 Å². The highest BCUT2D eigenvalue weighted by Gasteiger charge is 2.29. The Hall–Kier alpha value is -0.770. The van der Waals surface area contributed by atoms with Crippen LogP contribution in [0.1, 0.15) is 29.3 Å². The highest BCUT2D eigenvalue weighted by Crippen LogP contribution is 2.39. The summed E-state index contributed by atoms with van der Waals surface area (Å²) < 4.78 is 3.03. The van der Waals surface area contributed by atoms with Crippen molar-refractivity contribution in [1.29, 1.82) is 0 Å². The molecule has 2 N–H and O–H groups in total. The molecule has 1 unspecified atom stereocenters. The molecule has 0 bridgehead atoms. The van der Waals surface area contributed by atoms with E-state index in [1.807, 2.05) is 6.07 Å². The largest absolute Gasteiger partial charge is 0.349 e. The van der Waals surface area contributed by atoms with E-state index in [1.54, 1.807) is 11.3 Å². The summed E-state index contributed by atoms with van der Waals surface area (Å²) in [6, 6.07) is 6.39. The van der Waals surface area contributed by atoms with Gasteiger partial charge in [0, 0.05) is 23.3 Å². The van der Waals surface area contributed by atoms with Crippen molar-refractivity contribution >= 4 is 22.9 Å². The zero-order chi connectivity index (χ0) is 11.8. The van der Waals surface area contributed by atoms with Crippen LogP contribution in [-0.4, -0.2) is 4.57 Å². The van der Waals surface area contributed by atoms with Crippen molar-refractivity contribution in [2.45, 2.75) is 25.4 Å². The van der Waals surface area contributed by atoms with Gasteiger partial charge in [-0.3, -0.25) is 0 Å². The maximum absolute atomic E-state index is 6.18. The molecule has 2 aromatic rings. The highest BCUT2D eigenvalue weighted by atomic mass is 35.5. The van der Waals surface area contributed by atoms with E-state index >= 15 is 0 Å². The van der Waals surface area contributed by atoms with Gasteiger partial charge in [-0.05, 0) is 42.5 Å². The highest BCUT2D eigenvalue weighted by molar-refractivity contribution is 7.16. The molecule has 4 heteroatoms. The molecule has 1 fully saturated rings. The first-order chi connectivity index (χ1) is 8.22. The first-order valence-corrected chi connectivity index (χ1v) is 7.07. The predicted octanol–water partition coefficient (Wildman–Crippen LogP) is 3.66. The van der Waals surface area contributed by atoms with E-state index < -0.39 is 0 Å². The Morgan fingerprint density at radius 3 is 2.88 bits per heavy atom. The summed E-state index contributed by atoms with van der Waals surface area (Å²) in [5, 5.41) is 0. The molecule has 1 aliphatic rings. The monoisotopic (exact) mass is 266 g/mol. The van der Waals surface area contributed by atoms with Gasteiger partial charge in [0.15, 0.2) is 0 Å². The van der Waals surface area contributed by atoms with Crippen LogP contribution in [-0.2, 0) is 6.54 Å². The predicted molar refractivity (Wildman–Crippen MR) is 72.5 cm³/mol. The van der Waals surface area contributed by atoms with E-state index in [4.69, 9.17) is 17.3 Å². The molecule has 1 aliphatic carbocycles. The summed E-state index contributed by atoms with van der Waals surface area (Å²) in [5.74, 6) is 0.710. The first-order valence-electron chi connectivity index (χ1n) is 5.88. The molecule has 2 aromatic heterocycles. The Labute approximate surface area is 110 Å². The normalized spacial score (nSPS) is 17.3. The van der Waals surface area contributed by atoms with E-state index in [1.165, 1.54) is 23.3 Å². The number of nitrogens with zero attached hydrogens (tertiary/aromatic N) is 1. The van der Waals surface area contributed by atoms with Crippen molar-refractivity contribution in [2.75, 3.05) is 0 Å². The van der Waals surface area contributed by atoms with E-state index in [2.05, 4.69) is 29.1 Å². The lowest BCUT2D eigenvalue weighted by molar-refractivity contribution is 0.631. The second kappa shape index (κ2) is 4.48. The Morgan fingerprint density at radius 2 is 2.24 bits per heavy atom. The van der Waals surface area contributed by atoms with Crippen molar-refractivity contribution in [3.05, 3.63) is 45.4 Å². The maximum atomic E-state index is 6.18. The third kappa shape index (κ3) is 2.57. The van der Waals surface area contributed by atoms with Crippen molar-refractivity contribution in [2.24, 2.45) is 11.7 Å². The molecule has 0 spiro atoms. The third-order valence-electron chi connectivity index (χ3n) is 3.26. The summed E-state index contributed by atoms with van der Waals surface area (Å²) in [7, 11) is 0. The number of hydrogen-bond acceptors (Lipinski definition) is 2. The molecule has 2 nitrogen and oxygen atoms in total. The van der Waals surface area contributed by atoms with Gasteiger partial charge in [-0.1, -0.05) is 11.6 Å².